The number of aromatic amines is 1. The first-order valence-electron chi connectivity index (χ1n) is 11.7. The van der Waals surface area contributed by atoms with Crippen LogP contribution < -0.4 is 10.0 Å². The maximum Gasteiger partial charge on any atom is 0.261 e. The van der Waals surface area contributed by atoms with Crippen molar-refractivity contribution in [2.75, 3.05) is 11.3 Å². The summed E-state index contributed by atoms with van der Waals surface area (Å²) in [5, 5.41) is 2.84. The van der Waals surface area contributed by atoms with Gasteiger partial charge in [-0.25, -0.2) is 18.4 Å². The first-order valence-corrected chi connectivity index (χ1v) is 13.2. The third-order valence-corrected chi connectivity index (χ3v) is 7.56. The van der Waals surface area contributed by atoms with E-state index in [9.17, 15) is 13.2 Å². The highest BCUT2D eigenvalue weighted by atomic mass is 32.2. The zero-order valence-electron chi connectivity index (χ0n) is 20.3. The number of carbonyl (C=O) groups is 1. The van der Waals surface area contributed by atoms with Gasteiger partial charge in [0.25, 0.3) is 15.9 Å². The summed E-state index contributed by atoms with van der Waals surface area (Å²) < 4.78 is 29.1. The molecule has 0 unspecified atom stereocenters. The summed E-state index contributed by atoms with van der Waals surface area (Å²) in [7, 11) is -3.83. The van der Waals surface area contributed by atoms with Crippen molar-refractivity contribution in [1.82, 2.24) is 20.3 Å². The predicted octanol–water partition coefficient (Wildman–Crippen LogP) is 4.52. The van der Waals surface area contributed by atoms with Crippen LogP contribution in [-0.4, -0.2) is 35.8 Å². The van der Waals surface area contributed by atoms with E-state index in [1.54, 1.807) is 54.7 Å². The molecule has 1 amide bonds. The average molecular weight is 502 g/mol. The second kappa shape index (κ2) is 8.91. The fraction of sp³-hybridized carbons (Fsp3) is 0.222. The van der Waals surface area contributed by atoms with E-state index in [2.05, 4.69) is 45.8 Å². The Morgan fingerprint density at radius 2 is 1.72 bits per heavy atom. The number of amides is 1. The molecule has 1 aliphatic rings. The van der Waals surface area contributed by atoms with Gasteiger partial charge in [0.2, 0.25) is 0 Å². The maximum atomic E-state index is 13.2. The number of hydrogen-bond donors (Lipinski definition) is 3. The Kier molecular flexibility index (Phi) is 5.88. The molecule has 0 fully saturated rings. The highest BCUT2D eigenvalue weighted by Gasteiger charge is 2.22. The van der Waals surface area contributed by atoms with Crippen LogP contribution in [0.25, 0.3) is 22.8 Å². The van der Waals surface area contributed by atoms with Gasteiger partial charge in [0.1, 0.15) is 0 Å². The Morgan fingerprint density at radius 3 is 2.44 bits per heavy atom. The van der Waals surface area contributed by atoms with Crippen LogP contribution in [0.15, 0.2) is 71.8 Å². The van der Waals surface area contributed by atoms with Gasteiger partial charge >= 0.3 is 0 Å². The standard InChI is InChI=1S/C27H27N5O3S/c1-27(2,3)17-8-10-18(11-9-17)36(34,35)32-22-7-5-4-6-19(22)25-28-14-13-23(31-25)24-16-20-21(30-24)12-15-29-26(20)33/h4-11,13-14,16,30,32H,12,15H2,1-3H3,(H,29,33). The van der Waals surface area contributed by atoms with E-state index in [-0.39, 0.29) is 16.2 Å². The van der Waals surface area contributed by atoms with Crippen LogP contribution in [-0.2, 0) is 21.9 Å². The average Bonchev–Trinajstić information content (AvgIpc) is 3.30. The second-order valence-corrected chi connectivity index (χ2v) is 11.5. The number of benzene rings is 2. The topological polar surface area (TPSA) is 117 Å². The van der Waals surface area contributed by atoms with Gasteiger partial charge in [0.15, 0.2) is 5.82 Å². The summed E-state index contributed by atoms with van der Waals surface area (Å²) in [6.45, 7) is 6.83. The molecule has 0 atom stereocenters. The van der Waals surface area contributed by atoms with E-state index in [0.29, 0.717) is 40.6 Å². The SMILES string of the molecule is CC(C)(C)c1ccc(S(=O)(=O)Nc2ccccc2-c2nccc(-c3cc4c([nH]3)CCNC4=O)n2)cc1. The van der Waals surface area contributed by atoms with Crippen molar-refractivity contribution in [3.63, 3.8) is 0 Å². The fourth-order valence-electron chi connectivity index (χ4n) is 4.17. The molecule has 8 nitrogen and oxygen atoms in total. The van der Waals surface area contributed by atoms with Crippen LogP contribution in [0.1, 0.15) is 42.4 Å². The smallest absolute Gasteiger partial charge is 0.261 e. The first-order chi connectivity index (χ1) is 17.1. The Bertz CT molecular complexity index is 1550. The molecule has 0 saturated carbocycles. The number of fused-ring (bicyclic) bond motifs is 1. The van der Waals surface area contributed by atoms with Crippen molar-refractivity contribution in [3.8, 4) is 22.8 Å². The minimum atomic E-state index is -3.83. The van der Waals surface area contributed by atoms with Gasteiger partial charge in [-0.3, -0.25) is 9.52 Å². The van der Waals surface area contributed by atoms with Crippen LogP contribution in [0.5, 0.6) is 0 Å². The number of hydrogen-bond acceptors (Lipinski definition) is 5. The van der Waals surface area contributed by atoms with E-state index in [1.807, 2.05) is 12.1 Å². The van der Waals surface area contributed by atoms with Gasteiger partial charge in [-0.1, -0.05) is 45.0 Å². The van der Waals surface area contributed by atoms with Gasteiger partial charge in [-0.15, -0.1) is 0 Å². The molecule has 0 bridgehead atoms. The van der Waals surface area contributed by atoms with Crippen LogP contribution in [0.4, 0.5) is 5.69 Å². The van der Waals surface area contributed by atoms with Crippen molar-refractivity contribution < 1.29 is 13.2 Å². The molecule has 0 saturated heterocycles. The van der Waals surface area contributed by atoms with Crippen molar-refractivity contribution in [3.05, 3.63) is 83.7 Å². The summed E-state index contributed by atoms with van der Waals surface area (Å²) in [5.41, 5.74) is 4.70. The van der Waals surface area contributed by atoms with Gasteiger partial charge in [0.05, 0.1) is 27.5 Å². The summed E-state index contributed by atoms with van der Waals surface area (Å²) in [5.74, 6) is 0.259. The Morgan fingerprint density at radius 1 is 0.972 bits per heavy atom. The summed E-state index contributed by atoms with van der Waals surface area (Å²) in [6, 6.07) is 17.5. The summed E-state index contributed by atoms with van der Waals surface area (Å²) in [6.07, 6.45) is 2.34. The van der Waals surface area contributed by atoms with Gasteiger partial charge in [-0.2, -0.15) is 0 Å². The maximum absolute atomic E-state index is 13.2. The van der Waals surface area contributed by atoms with Gasteiger partial charge in [0, 0.05) is 30.4 Å². The minimum absolute atomic E-state index is 0.0765. The summed E-state index contributed by atoms with van der Waals surface area (Å²) in [4.78, 5) is 24.7. The van der Waals surface area contributed by atoms with Crippen LogP contribution in [0.3, 0.4) is 0 Å². The normalized spacial score (nSPS) is 13.7. The number of anilines is 1. The van der Waals surface area contributed by atoms with Crippen LogP contribution in [0, 0.1) is 0 Å². The van der Waals surface area contributed by atoms with Crippen molar-refractivity contribution >= 4 is 21.6 Å². The molecule has 3 heterocycles. The number of carbonyl (C=O) groups excluding carboxylic acids is 1. The lowest BCUT2D eigenvalue weighted by Crippen LogP contribution is -2.31. The van der Waals surface area contributed by atoms with E-state index in [1.165, 1.54) is 0 Å². The van der Waals surface area contributed by atoms with E-state index < -0.39 is 10.0 Å². The molecule has 2 aromatic heterocycles. The van der Waals surface area contributed by atoms with E-state index in [4.69, 9.17) is 0 Å². The Hall–Kier alpha value is -3.98. The van der Waals surface area contributed by atoms with Crippen molar-refractivity contribution in [2.24, 2.45) is 0 Å². The minimum Gasteiger partial charge on any atom is -0.356 e. The quantitative estimate of drug-likeness (QED) is 0.372. The second-order valence-electron chi connectivity index (χ2n) is 9.77. The molecule has 4 aromatic rings. The number of nitrogens with one attached hydrogen (secondary N) is 3. The fourth-order valence-corrected chi connectivity index (χ4v) is 5.25. The Labute approximate surface area is 210 Å². The van der Waals surface area contributed by atoms with E-state index >= 15 is 0 Å². The molecule has 0 radical (unpaired) electrons. The predicted molar refractivity (Wildman–Crippen MR) is 139 cm³/mol. The zero-order chi connectivity index (χ0) is 25.5. The van der Waals surface area contributed by atoms with Gasteiger partial charge in [-0.05, 0) is 47.4 Å². The first kappa shape index (κ1) is 23.7. The number of aromatic nitrogens is 3. The third kappa shape index (κ3) is 4.61. The third-order valence-electron chi connectivity index (χ3n) is 6.18. The molecular weight excluding hydrogens is 474 g/mol. The molecule has 0 aliphatic carbocycles. The molecule has 184 valence electrons. The number of rotatable bonds is 5. The monoisotopic (exact) mass is 501 g/mol. The molecule has 36 heavy (non-hydrogen) atoms. The molecule has 3 N–H and O–H groups in total. The lowest BCUT2D eigenvalue weighted by molar-refractivity contribution is 0.0946. The Balaban J connectivity index is 1.47. The molecule has 1 aliphatic heterocycles. The summed E-state index contributed by atoms with van der Waals surface area (Å²) >= 11 is 0. The van der Waals surface area contributed by atoms with Crippen LogP contribution >= 0.6 is 0 Å². The number of H-pyrrole nitrogens is 1. The molecular formula is C27H27N5O3S. The number of nitrogens with zero attached hydrogens (tertiary/aromatic N) is 2. The van der Waals surface area contributed by atoms with Crippen molar-refractivity contribution in [2.45, 2.75) is 37.5 Å². The van der Waals surface area contributed by atoms with E-state index in [0.717, 1.165) is 17.7 Å². The van der Waals surface area contributed by atoms with Gasteiger partial charge < -0.3 is 10.3 Å². The molecule has 0 spiro atoms. The largest absolute Gasteiger partial charge is 0.356 e. The molecule has 5 rings (SSSR count). The molecule has 2 aromatic carbocycles. The highest BCUT2D eigenvalue weighted by molar-refractivity contribution is 7.92. The molecule has 9 heteroatoms. The highest BCUT2D eigenvalue weighted by Crippen LogP contribution is 2.30. The number of para-hydroxylation sites is 1. The lowest BCUT2D eigenvalue weighted by atomic mass is 9.87. The van der Waals surface area contributed by atoms with Crippen LogP contribution in [0.2, 0.25) is 0 Å². The number of sulfonamides is 1. The lowest BCUT2D eigenvalue weighted by Gasteiger charge is -2.19. The van der Waals surface area contributed by atoms with Crippen molar-refractivity contribution in [1.29, 1.82) is 0 Å². The zero-order valence-corrected chi connectivity index (χ0v) is 21.1.